The molecule has 0 bridgehead atoms. The summed E-state index contributed by atoms with van der Waals surface area (Å²) in [4.78, 5) is 0. The van der Waals surface area contributed by atoms with Crippen LogP contribution in [0.2, 0.25) is 0 Å². The van der Waals surface area contributed by atoms with Crippen molar-refractivity contribution in [2.75, 3.05) is 6.61 Å². The van der Waals surface area contributed by atoms with Crippen molar-refractivity contribution in [3.63, 3.8) is 0 Å². The van der Waals surface area contributed by atoms with Crippen LogP contribution in [0.15, 0.2) is 0 Å². The molecule has 2 N–H and O–H groups in total. The zero-order valence-electron chi connectivity index (χ0n) is 7.28. The third-order valence-electron chi connectivity index (χ3n) is 2.76. The summed E-state index contributed by atoms with van der Waals surface area (Å²) < 4.78 is 10.7. The molecule has 2 fully saturated rings. The van der Waals surface area contributed by atoms with Gasteiger partial charge in [0.2, 0.25) is 5.79 Å². The fourth-order valence-electron chi connectivity index (χ4n) is 1.93. The molecule has 2 saturated heterocycles. The highest BCUT2D eigenvalue weighted by molar-refractivity contribution is 5.08. The Labute approximate surface area is 71.1 Å². The smallest absolute Gasteiger partial charge is 0.222 e. The van der Waals surface area contributed by atoms with Gasteiger partial charge in [-0.05, 0) is 13.8 Å². The van der Waals surface area contributed by atoms with Crippen LogP contribution in [0.5, 0.6) is 0 Å². The molecule has 0 amide bonds. The molecule has 4 heteroatoms. The molecule has 2 heterocycles. The third kappa shape index (κ3) is 0.808. The number of aliphatic hydroxyl groups excluding tert-OH is 1. The second kappa shape index (κ2) is 2.20. The Hall–Kier alpha value is -0.160. The maximum Gasteiger partial charge on any atom is 0.222 e. The third-order valence-corrected chi connectivity index (χ3v) is 2.76. The molecule has 0 spiro atoms. The Kier molecular flexibility index (Phi) is 1.55. The first kappa shape index (κ1) is 8.44. The average Bonchev–Trinajstić information content (AvgIpc) is 2.26. The first-order valence-corrected chi connectivity index (χ1v) is 4.18. The van der Waals surface area contributed by atoms with Gasteiger partial charge in [0.1, 0.15) is 11.7 Å². The van der Waals surface area contributed by atoms with Crippen LogP contribution < -0.4 is 0 Å². The van der Waals surface area contributed by atoms with E-state index < -0.39 is 11.4 Å². The maximum atomic E-state index is 9.92. The number of hydrogen-bond acceptors (Lipinski definition) is 4. The predicted molar refractivity (Wildman–Crippen MR) is 40.5 cm³/mol. The van der Waals surface area contributed by atoms with E-state index in [2.05, 4.69) is 0 Å². The van der Waals surface area contributed by atoms with Gasteiger partial charge >= 0.3 is 0 Å². The van der Waals surface area contributed by atoms with Gasteiger partial charge in [0.25, 0.3) is 0 Å². The summed E-state index contributed by atoms with van der Waals surface area (Å²) in [6.07, 6.45) is 0.0441. The molecule has 0 aromatic rings. The van der Waals surface area contributed by atoms with Gasteiger partial charge in [0.05, 0.1) is 12.7 Å². The van der Waals surface area contributed by atoms with Crippen LogP contribution >= 0.6 is 0 Å². The van der Waals surface area contributed by atoms with E-state index in [9.17, 15) is 5.11 Å². The summed E-state index contributed by atoms with van der Waals surface area (Å²) in [5, 5.41) is 18.7. The van der Waals surface area contributed by atoms with Crippen molar-refractivity contribution < 1.29 is 19.7 Å². The van der Waals surface area contributed by atoms with Crippen LogP contribution in [0, 0.1) is 0 Å². The molecule has 0 radical (unpaired) electrons. The Morgan fingerprint density at radius 1 is 1.42 bits per heavy atom. The van der Waals surface area contributed by atoms with E-state index in [1.165, 1.54) is 0 Å². The Bertz CT molecular complexity index is 203. The molecule has 0 saturated carbocycles. The topological polar surface area (TPSA) is 58.9 Å². The molecule has 0 aromatic heterocycles. The van der Waals surface area contributed by atoms with E-state index in [1.54, 1.807) is 13.8 Å². The molecule has 3 atom stereocenters. The zero-order chi connectivity index (χ0) is 8.98. The van der Waals surface area contributed by atoms with Gasteiger partial charge < -0.3 is 19.7 Å². The van der Waals surface area contributed by atoms with Gasteiger partial charge in [-0.15, -0.1) is 0 Å². The first-order chi connectivity index (χ1) is 5.49. The van der Waals surface area contributed by atoms with Crippen LogP contribution in [0.1, 0.15) is 20.3 Å². The SMILES string of the molecule is CC1(C)O[C@@H]2C[C@@H](CO)OC21O. The van der Waals surface area contributed by atoms with E-state index in [1.807, 2.05) is 0 Å². The van der Waals surface area contributed by atoms with Gasteiger partial charge in [0.15, 0.2) is 0 Å². The van der Waals surface area contributed by atoms with Crippen molar-refractivity contribution in [1.82, 2.24) is 0 Å². The number of rotatable bonds is 1. The Balaban J connectivity index is 2.13. The fourth-order valence-corrected chi connectivity index (χ4v) is 1.93. The molecule has 0 aromatic carbocycles. The molecular weight excluding hydrogens is 160 g/mol. The van der Waals surface area contributed by atoms with Gasteiger partial charge in [0, 0.05) is 6.42 Å². The predicted octanol–water partition coefficient (Wildman–Crippen LogP) is -0.366. The fraction of sp³-hybridized carbons (Fsp3) is 1.00. The van der Waals surface area contributed by atoms with E-state index >= 15 is 0 Å². The summed E-state index contributed by atoms with van der Waals surface area (Å²) in [7, 11) is 0. The maximum absolute atomic E-state index is 9.92. The van der Waals surface area contributed by atoms with Gasteiger partial charge in [-0.2, -0.15) is 0 Å². The van der Waals surface area contributed by atoms with Crippen LogP contribution in [0.25, 0.3) is 0 Å². The summed E-state index contributed by atoms with van der Waals surface area (Å²) in [6.45, 7) is 3.50. The van der Waals surface area contributed by atoms with Gasteiger partial charge in [-0.1, -0.05) is 0 Å². The lowest BCUT2D eigenvalue weighted by molar-refractivity contribution is -0.411. The molecule has 1 unspecified atom stereocenters. The average molecular weight is 174 g/mol. The van der Waals surface area contributed by atoms with Crippen molar-refractivity contribution in [1.29, 1.82) is 0 Å². The summed E-state index contributed by atoms with van der Waals surface area (Å²) in [6, 6.07) is 0. The van der Waals surface area contributed by atoms with Crippen LogP contribution in [-0.2, 0) is 9.47 Å². The molecule has 12 heavy (non-hydrogen) atoms. The highest BCUT2D eigenvalue weighted by Gasteiger charge is 2.67. The van der Waals surface area contributed by atoms with Crippen molar-refractivity contribution >= 4 is 0 Å². The zero-order valence-corrected chi connectivity index (χ0v) is 7.28. The second-order valence-corrected chi connectivity index (χ2v) is 3.97. The van der Waals surface area contributed by atoms with Crippen LogP contribution in [0.4, 0.5) is 0 Å². The van der Waals surface area contributed by atoms with Crippen molar-refractivity contribution in [2.24, 2.45) is 0 Å². The summed E-state index contributed by atoms with van der Waals surface area (Å²) >= 11 is 0. The number of ether oxygens (including phenoxy) is 2. The van der Waals surface area contributed by atoms with Crippen LogP contribution in [-0.4, -0.2) is 40.4 Å². The molecule has 0 aliphatic carbocycles. The molecule has 2 rings (SSSR count). The summed E-state index contributed by atoms with van der Waals surface area (Å²) in [5.74, 6) is -1.18. The summed E-state index contributed by atoms with van der Waals surface area (Å²) in [5.41, 5.74) is -0.637. The molecule has 2 aliphatic heterocycles. The molecule has 4 nitrogen and oxygen atoms in total. The lowest BCUT2D eigenvalue weighted by Gasteiger charge is -2.52. The van der Waals surface area contributed by atoms with E-state index in [0.29, 0.717) is 6.42 Å². The highest BCUT2D eigenvalue weighted by Crippen LogP contribution is 2.50. The largest absolute Gasteiger partial charge is 0.394 e. The van der Waals surface area contributed by atoms with Crippen molar-refractivity contribution in [3.8, 4) is 0 Å². The quantitative estimate of drug-likeness (QED) is 0.569. The minimum atomic E-state index is -1.18. The highest BCUT2D eigenvalue weighted by atomic mass is 16.7. The minimum absolute atomic E-state index is 0.0573. The standard InChI is InChI=1S/C8H14O4/c1-7(2)8(10)6(12-7)3-5(4-9)11-8/h5-6,9-10H,3-4H2,1-2H3/t5-,6+,8?/m0/s1. The Morgan fingerprint density at radius 2 is 2.08 bits per heavy atom. The molecule has 70 valence electrons. The first-order valence-electron chi connectivity index (χ1n) is 4.18. The lowest BCUT2D eigenvalue weighted by atomic mass is 9.85. The monoisotopic (exact) mass is 174 g/mol. The number of hydrogen-bond donors (Lipinski definition) is 2. The number of fused-ring (bicyclic) bond motifs is 1. The molecular formula is C8H14O4. The molecule has 2 aliphatic rings. The second-order valence-electron chi connectivity index (χ2n) is 3.97. The number of aliphatic hydroxyl groups is 2. The van der Waals surface area contributed by atoms with E-state index in [0.717, 1.165) is 0 Å². The van der Waals surface area contributed by atoms with E-state index in [4.69, 9.17) is 14.6 Å². The Morgan fingerprint density at radius 3 is 2.50 bits per heavy atom. The normalized spacial score (nSPS) is 50.0. The van der Waals surface area contributed by atoms with Gasteiger partial charge in [-0.3, -0.25) is 0 Å². The lowest BCUT2D eigenvalue weighted by Crippen LogP contribution is -2.70. The van der Waals surface area contributed by atoms with Crippen LogP contribution in [0.3, 0.4) is 0 Å². The van der Waals surface area contributed by atoms with Gasteiger partial charge in [-0.25, -0.2) is 0 Å². The van der Waals surface area contributed by atoms with E-state index in [-0.39, 0.29) is 18.8 Å². The van der Waals surface area contributed by atoms with Crippen molar-refractivity contribution in [2.45, 2.75) is 43.9 Å². The van der Waals surface area contributed by atoms with Crippen molar-refractivity contribution in [3.05, 3.63) is 0 Å². The minimum Gasteiger partial charge on any atom is -0.394 e.